The van der Waals surface area contributed by atoms with Crippen LogP contribution in [0.4, 0.5) is 5.69 Å². The Hall–Kier alpha value is -3.22. The fourth-order valence-corrected chi connectivity index (χ4v) is 1.99. The van der Waals surface area contributed by atoms with Crippen LogP contribution >= 0.6 is 0 Å². The molecule has 0 unspecified atom stereocenters. The predicted molar refractivity (Wildman–Crippen MR) is 91.9 cm³/mol. The Kier molecular flexibility index (Phi) is 6.01. The van der Waals surface area contributed by atoms with Gasteiger partial charge in [0.25, 0.3) is 5.91 Å². The van der Waals surface area contributed by atoms with E-state index in [1.165, 1.54) is 13.3 Å². The molecule has 2 rings (SSSR count). The molecule has 0 radical (unpaired) electrons. The summed E-state index contributed by atoms with van der Waals surface area (Å²) in [5, 5.41) is 16.7. The summed E-state index contributed by atoms with van der Waals surface area (Å²) in [6.07, 6.45) is 1.35. The molecule has 0 bridgehead atoms. The molecular weight excluding hydrogens is 310 g/mol. The maximum Gasteiger partial charge on any atom is 0.259 e. The lowest BCUT2D eigenvalue weighted by Gasteiger charge is -2.09. The van der Waals surface area contributed by atoms with Crippen LogP contribution in [-0.2, 0) is 4.79 Å². The van der Waals surface area contributed by atoms with E-state index in [0.717, 1.165) is 0 Å². The summed E-state index contributed by atoms with van der Waals surface area (Å²) >= 11 is 0. The Morgan fingerprint density at radius 2 is 1.83 bits per heavy atom. The second-order valence-corrected chi connectivity index (χ2v) is 4.75. The van der Waals surface area contributed by atoms with E-state index < -0.39 is 0 Å². The van der Waals surface area contributed by atoms with Crippen LogP contribution in [-0.4, -0.2) is 38.0 Å². The monoisotopic (exact) mass is 329 g/mol. The van der Waals surface area contributed by atoms with Crippen molar-refractivity contribution in [2.75, 3.05) is 26.1 Å². The Labute approximate surface area is 139 Å². The van der Waals surface area contributed by atoms with E-state index in [-0.39, 0.29) is 18.2 Å². The quantitative estimate of drug-likeness (QED) is 0.533. The number of nitrogens with one attached hydrogen (secondary N) is 2. The van der Waals surface area contributed by atoms with Crippen molar-refractivity contribution < 1.29 is 19.4 Å². The Balaban J connectivity index is 1.89. The molecule has 126 valence electrons. The van der Waals surface area contributed by atoms with Crippen LogP contribution in [0.2, 0.25) is 0 Å². The molecule has 0 aromatic heterocycles. The molecule has 3 N–H and O–H groups in total. The number of carbonyl (C=O) groups excluding carboxylic acids is 1. The minimum absolute atomic E-state index is 0.0296. The number of ether oxygens (including phenoxy) is 2. The summed E-state index contributed by atoms with van der Waals surface area (Å²) in [6.45, 7) is 0.0296. The van der Waals surface area contributed by atoms with Crippen LogP contribution in [0.15, 0.2) is 47.6 Å². The molecule has 7 nitrogen and oxygen atoms in total. The SMILES string of the molecule is COc1ccccc1NCC(=O)N/N=C\c1cccc(OC)c1O. The highest BCUT2D eigenvalue weighted by atomic mass is 16.5. The second kappa shape index (κ2) is 8.42. The molecule has 7 heteroatoms. The zero-order valence-electron chi connectivity index (χ0n) is 13.4. The molecular formula is C17H19N3O4. The van der Waals surface area contributed by atoms with Crippen molar-refractivity contribution in [1.82, 2.24) is 5.43 Å². The molecule has 1 amide bonds. The number of aromatic hydroxyl groups is 1. The number of benzene rings is 2. The van der Waals surface area contributed by atoms with Crippen molar-refractivity contribution in [3.63, 3.8) is 0 Å². The normalized spacial score (nSPS) is 10.4. The molecule has 0 aliphatic heterocycles. The molecule has 0 aliphatic rings. The number of phenols is 1. The summed E-state index contributed by atoms with van der Waals surface area (Å²) < 4.78 is 10.2. The molecule has 0 saturated carbocycles. The van der Waals surface area contributed by atoms with Gasteiger partial charge in [-0.25, -0.2) is 5.43 Å². The smallest absolute Gasteiger partial charge is 0.259 e. The topological polar surface area (TPSA) is 92.2 Å². The van der Waals surface area contributed by atoms with E-state index >= 15 is 0 Å². The molecule has 0 heterocycles. The van der Waals surface area contributed by atoms with Crippen molar-refractivity contribution in [3.05, 3.63) is 48.0 Å². The van der Waals surface area contributed by atoms with E-state index in [1.54, 1.807) is 31.4 Å². The van der Waals surface area contributed by atoms with Gasteiger partial charge in [-0.15, -0.1) is 0 Å². The third kappa shape index (κ3) is 4.39. The number of hydrogen-bond donors (Lipinski definition) is 3. The average molecular weight is 329 g/mol. The first-order valence-corrected chi connectivity index (χ1v) is 7.20. The number of rotatable bonds is 7. The van der Waals surface area contributed by atoms with Gasteiger partial charge >= 0.3 is 0 Å². The maximum absolute atomic E-state index is 11.8. The first kappa shape index (κ1) is 17.1. The van der Waals surface area contributed by atoms with Crippen LogP contribution in [0.5, 0.6) is 17.2 Å². The van der Waals surface area contributed by atoms with Crippen molar-refractivity contribution in [1.29, 1.82) is 0 Å². The van der Waals surface area contributed by atoms with Gasteiger partial charge in [0.1, 0.15) is 5.75 Å². The summed E-state index contributed by atoms with van der Waals surface area (Å²) in [5.74, 6) is 0.614. The van der Waals surface area contributed by atoms with E-state index in [9.17, 15) is 9.90 Å². The summed E-state index contributed by atoms with van der Waals surface area (Å²) in [6, 6.07) is 12.3. The number of amides is 1. The fraction of sp³-hybridized carbons (Fsp3) is 0.176. The van der Waals surface area contributed by atoms with Gasteiger partial charge in [-0.3, -0.25) is 4.79 Å². The Morgan fingerprint density at radius 3 is 2.58 bits per heavy atom. The zero-order valence-corrected chi connectivity index (χ0v) is 13.4. The molecule has 0 spiro atoms. The predicted octanol–water partition coefficient (Wildman–Crippen LogP) is 1.97. The van der Waals surface area contributed by atoms with Crippen molar-refractivity contribution >= 4 is 17.8 Å². The molecule has 0 atom stereocenters. The first-order chi connectivity index (χ1) is 11.7. The first-order valence-electron chi connectivity index (χ1n) is 7.20. The minimum atomic E-state index is -0.334. The average Bonchev–Trinajstić information content (AvgIpc) is 2.61. The van der Waals surface area contributed by atoms with Gasteiger partial charge in [-0.05, 0) is 24.3 Å². The second-order valence-electron chi connectivity index (χ2n) is 4.75. The van der Waals surface area contributed by atoms with Crippen LogP contribution in [0.1, 0.15) is 5.56 Å². The zero-order chi connectivity index (χ0) is 17.4. The van der Waals surface area contributed by atoms with Crippen molar-refractivity contribution in [2.45, 2.75) is 0 Å². The highest BCUT2D eigenvalue weighted by Gasteiger charge is 2.06. The number of hydrogen-bond acceptors (Lipinski definition) is 6. The van der Waals surface area contributed by atoms with Crippen LogP contribution in [0.3, 0.4) is 0 Å². The summed E-state index contributed by atoms with van der Waals surface area (Å²) in [4.78, 5) is 11.8. The van der Waals surface area contributed by atoms with Crippen LogP contribution in [0, 0.1) is 0 Å². The number of nitrogens with zero attached hydrogens (tertiary/aromatic N) is 1. The van der Waals surface area contributed by atoms with Crippen molar-refractivity contribution in [2.24, 2.45) is 5.10 Å². The summed E-state index contributed by atoms with van der Waals surface area (Å²) in [5.41, 5.74) is 3.53. The fourth-order valence-electron chi connectivity index (χ4n) is 1.99. The minimum Gasteiger partial charge on any atom is -0.504 e. The van der Waals surface area contributed by atoms with Crippen molar-refractivity contribution in [3.8, 4) is 17.2 Å². The third-order valence-corrected chi connectivity index (χ3v) is 3.19. The summed E-state index contributed by atoms with van der Waals surface area (Å²) in [7, 11) is 3.02. The highest BCUT2D eigenvalue weighted by Crippen LogP contribution is 2.27. The number of phenolic OH excluding ortho intramolecular Hbond substituents is 1. The Morgan fingerprint density at radius 1 is 1.12 bits per heavy atom. The molecule has 2 aromatic carbocycles. The number of hydrazone groups is 1. The maximum atomic E-state index is 11.8. The number of para-hydroxylation sites is 3. The van der Waals surface area contributed by atoms with Gasteiger partial charge in [-0.1, -0.05) is 18.2 Å². The molecule has 0 fully saturated rings. The van der Waals surface area contributed by atoms with Gasteiger partial charge in [0.15, 0.2) is 11.5 Å². The van der Waals surface area contributed by atoms with Gasteiger partial charge in [0.05, 0.1) is 32.7 Å². The van der Waals surface area contributed by atoms with Crippen LogP contribution < -0.4 is 20.2 Å². The Bertz CT molecular complexity index is 732. The highest BCUT2D eigenvalue weighted by molar-refractivity contribution is 5.87. The van der Waals surface area contributed by atoms with Gasteiger partial charge in [-0.2, -0.15) is 5.10 Å². The van der Waals surface area contributed by atoms with Gasteiger partial charge in [0, 0.05) is 5.56 Å². The largest absolute Gasteiger partial charge is 0.504 e. The van der Waals surface area contributed by atoms with E-state index in [1.807, 2.05) is 18.2 Å². The number of anilines is 1. The third-order valence-electron chi connectivity index (χ3n) is 3.19. The lowest BCUT2D eigenvalue weighted by molar-refractivity contribution is -0.119. The van der Waals surface area contributed by atoms with Gasteiger partial charge in [0.2, 0.25) is 0 Å². The van der Waals surface area contributed by atoms with E-state index in [2.05, 4.69) is 15.8 Å². The molecule has 24 heavy (non-hydrogen) atoms. The number of methoxy groups -OCH3 is 2. The van der Waals surface area contributed by atoms with E-state index in [0.29, 0.717) is 22.7 Å². The molecule has 0 saturated heterocycles. The number of carbonyl (C=O) groups is 1. The van der Waals surface area contributed by atoms with Crippen LogP contribution in [0.25, 0.3) is 0 Å². The van der Waals surface area contributed by atoms with Gasteiger partial charge < -0.3 is 19.9 Å². The molecule has 2 aromatic rings. The lowest BCUT2D eigenvalue weighted by atomic mass is 10.2. The molecule has 0 aliphatic carbocycles. The standard InChI is InChI=1S/C17H19N3O4/c1-23-14-8-4-3-7-13(14)18-11-16(21)20-19-10-12-6-5-9-15(24-2)17(12)22/h3-10,18,22H,11H2,1-2H3,(H,20,21)/b19-10-. The van der Waals surface area contributed by atoms with E-state index in [4.69, 9.17) is 9.47 Å². The lowest BCUT2D eigenvalue weighted by Crippen LogP contribution is -2.26.